The van der Waals surface area contributed by atoms with E-state index in [2.05, 4.69) is 4.98 Å². The van der Waals surface area contributed by atoms with Gasteiger partial charge in [-0.15, -0.1) is 0 Å². The van der Waals surface area contributed by atoms with Crippen LogP contribution in [0.4, 0.5) is 21.6 Å². The van der Waals surface area contributed by atoms with Crippen molar-refractivity contribution in [1.29, 1.82) is 0 Å². The normalized spacial score (nSPS) is 10.1. The first-order chi connectivity index (χ1) is 10.1. The van der Waals surface area contributed by atoms with E-state index in [0.717, 1.165) is 0 Å². The number of halogens is 1. The van der Waals surface area contributed by atoms with Crippen molar-refractivity contribution in [1.82, 2.24) is 4.98 Å². The summed E-state index contributed by atoms with van der Waals surface area (Å²) >= 11 is 0. The number of methoxy groups -OCH3 is 1. The van der Waals surface area contributed by atoms with Crippen LogP contribution >= 0.6 is 0 Å². The molecule has 0 aliphatic carbocycles. The Labute approximate surface area is 122 Å². The van der Waals surface area contributed by atoms with Crippen molar-refractivity contribution >= 4 is 23.6 Å². The Hall–Kier alpha value is -2.63. The zero-order valence-corrected chi connectivity index (χ0v) is 12.1. The van der Waals surface area contributed by atoms with Gasteiger partial charge in [0.05, 0.1) is 18.5 Å². The molecule has 2 aromatic rings. The van der Waals surface area contributed by atoms with Gasteiger partial charge in [0, 0.05) is 26.4 Å². The first kappa shape index (κ1) is 14.8. The molecule has 0 radical (unpaired) electrons. The minimum Gasteiger partial charge on any atom is -0.497 e. The summed E-state index contributed by atoms with van der Waals surface area (Å²) in [5, 5.41) is 0. The van der Waals surface area contributed by atoms with Crippen molar-refractivity contribution in [2.45, 2.75) is 0 Å². The maximum atomic E-state index is 14.1. The Balaban J connectivity index is 2.50. The fourth-order valence-electron chi connectivity index (χ4n) is 1.98. The van der Waals surface area contributed by atoms with Crippen molar-refractivity contribution in [3.8, 4) is 5.75 Å². The summed E-state index contributed by atoms with van der Waals surface area (Å²) in [5.41, 5.74) is 0.946. The molecule has 0 saturated heterocycles. The third-order valence-electron chi connectivity index (χ3n) is 3.13. The number of hydrogen-bond acceptors (Lipinski definition) is 4. The summed E-state index contributed by atoms with van der Waals surface area (Å²) in [6.07, 6.45) is 2.23. The van der Waals surface area contributed by atoms with Gasteiger partial charge >= 0.3 is 0 Å². The van der Waals surface area contributed by atoms with E-state index in [1.165, 1.54) is 18.1 Å². The highest BCUT2D eigenvalue weighted by Crippen LogP contribution is 2.33. The first-order valence-electron chi connectivity index (χ1n) is 6.29. The average Bonchev–Trinajstić information content (AvgIpc) is 2.54. The van der Waals surface area contributed by atoms with E-state index in [0.29, 0.717) is 29.4 Å². The molecule has 0 N–H and O–H groups in total. The number of nitrogens with zero attached hydrogens (tertiary/aromatic N) is 3. The fraction of sp³-hybridized carbons (Fsp3) is 0.200. The third kappa shape index (κ3) is 2.94. The lowest BCUT2D eigenvalue weighted by atomic mass is 10.2. The second kappa shape index (κ2) is 6.21. The summed E-state index contributed by atoms with van der Waals surface area (Å²) in [7, 11) is 4.82. The smallest absolute Gasteiger partial charge is 0.215 e. The molecule has 21 heavy (non-hydrogen) atoms. The number of carbonyl (C=O) groups is 1. The van der Waals surface area contributed by atoms with E-state index in [4.69, 9.17) is 4.74 Å². The Kier molecular flexibility index (Phi) is 4.37. The van der Waals surface area contributed by atoms with E-state index >= 15 is 0 Å². The van der Waals surface area contributed by atoms with E-state index in [-0.39, 0.29) is 5.82 Å². The average molecular weight is 289 g/mol. The van der Waals surface area contributed by atoms with Crippen molar-refractivity contribution in [3.63, 3.8) is 0 Å². The van der Waals surface area contributed by atoms with Crippen LogP contribution in [0.1, 0.15) is 0 Å². The van der Waals surface area contributed by atoms with Gasteiger partial charge < -0.3 is 14.5 Å². The van der Waals surface area contributed by atoms with Crippen LogP contribution in [-0.4, -0.2) is 32.6 Å². The largest absolute Gasteiger partial charge is 0.497 e. The summed E-state index contributed by atoms with van der Waals surface area (Å²) in [5.74, 6) is 0.603. The Morgan fingerprint density at radius 1 is 1.24 bits per heavy atom. The third-order valence-corrected chi connectivity index (χ3v) is 3.13. The molecule has 0 saturated carbocycles. The number of anilines is 3. The lowest BCUT2D eigenvalue weighted by Gasteiger charge is -2.24. The number of pyridine rings is 1. The molecule has 6 heteroatoms. The van der Waals surface area contributed by atoms with E-state index < -0.39 is 0 Å². The summed E-state index contributed by atoms with van der Waals surface area (Å²) in [6, 6.07) is 7.97. The predicted octanol–water partition coefficient (Wildman–Crippen LogP) is 2.59. The topological polar surface area (TPSA) is 45.7 Å². The highest BCUT2D eigenvalue weighted by atomic mass is 19.1. The Morgan fingerprint density at radius 2 is 2.00 bits per heavy atom. The summed E-state index contributed by atoms with van der Waals surface area (Å²) < 4.78 is 19.2. The van der Waals surface area contributed by atoms with Crippen LogP contribution in [0.25, 0.3) is 0 Å². The van der Waals surface area contributed by atoms with Crippen LogP contribution in [0.3, 0.4) is 0 Å². The molecule has 2 rings (SSSR count). The highest BCUT2D eigenvalue weighted by molar-refractivity contribution is 5.83. The molecule has 1 aromatic carbocycles. The minimum absolute atomic E-state index is 0.336. The lowest BCUT2D eigenvalue weighted by molar-refractivity contribution is -0.107. The molecule has 1 amide bonds. The summed E-state index contributed by atoms with van der Waals surface area (Å²) in [4.78, 5) is 18.1. The Morgan fingerprint density at radius 3 is 2.67 bits per heavy atom. The van der Waals surface area contributed by atoms with Crippen molar-refractivity contribution in [2.75, 3.05) is 31.0 Å². The predicted molar refractivity (Wildman–Crippen MR) is 79.7 cm³/mol. The van der Waals surface area contributed by atoms with Gasteiger partial charge in [-0.2, -0.15) is 0 Å². The molecule has 1 heterocycles. The quantitative estimate of drug-likeness (QED) is 0.794. The molecule has 0 fully saturated rings. The number of rotatable bonds is 5. The molecule has 1 aromatic heterocycles. The second-order valence-corrected chi connectivity index (χ2v) is 4.44. The van der Waals surface area contributed by atoms with Crippen LogP contribution in [-0.2, 0) is 4.79 Å². The second-order valence-electron chi connectivity index (χ2n) is 4.44. The lowest BCUT2D eigenvalue weighted by Crippen LogP contribution is -2.20. The van der Waals surface area contributed by atoms with Crippen molar-refractivity contribution < 1.29 is 13.9 Å². The molecular weight excluding hydrogens is 273 g/mol. The number of carbonyl (C=O) groups excluding carboxylic acids is 1. The van der Waals surface area contributed by atoms with Gasteiger partial charge in [-0.3, -0.25) is 4.79 Å². The van der Waals surface area contributed by atoms with E-state index in [1.54, 1.807) is 49.5 Å². The molecule has 0 aliphatic rings. The molecule has 0 aliphatic heterocycles. The zero-order valence-electron chi connectivity index (χ0n) is 12.1. The number of amides is 1. The van der Waals surface area contributed by atoms with Crippen LogP contribution in [0.2, 0.25) is 0 Å². The molecule has 0 bridgehead atoms. The number of hydrogen-bond donors (Lipinski definition) is 0. The molecule has 5 nitrogen and oxygen atoms in total. The summed E-state index contributed by atoms with van der Waals surface area (Å²) in [6.45, 7) is 0. The number of ether oxygens (including phenoxy) is 1. The van der Waals surface area contributed by atoms with Crippen LogP contribution in [0, 0.1) is 5.82 Å². The molecule has 0 unspecified atom stereocenters. The van der Waals surface area contributed by atoms with Gasteiger partial charge in [0.25, 0.3) is 0 Å². The van der Waals surface area contributed by atoms with Crippen molar-refractivity contribution in [3.05, 3.63) is 42.3 Å². The standard InChI is InChI=1S/C15H16FN3O2/c1-18(10-20)15-13(5-4-8-17-15)19(2)14-9-11(21-3)6-7-12(14)16/h4-10H,1-3H3. The number of benzene rings is 1. The molecular formula is C15H16FN3O2. The van der Waals surface area contributed by atoms with E-state index in [9.17, 15) is 9.18 Å². The maximum Gasteiger partial charge on any atom is 0.215 e. The fourth-order valence-corrected chi connectivity index (χ4v) is 1.98. The minimum atomic E-state index is -0.387. The van der Waals surface area contributed by atoms with Gasteiger partial charge in [-0.05, 0) is 24.3 Å². The van der Waals surface area contributed by atoms with Gasteiger partial charge in [0.1, 0.15) is 11.6 Å². The Bertz CT molecular complexity index is 649. The zero-order chi connectivity index (χ0) is 15.4. The van der Waals surface area contributed by atoms with Gasteiger partial charge in [0.2, 0.25) is 6.41 Å². The van der Waals surface area contributed by atoms with Crippen LogP contribution in [0.15, 0.2) is 36.5 Å². The van der Waals surface area contributed by atoms with Gasteiger partial charge in [-0.25, -0.2) is 9.37 Å². The van der Waals surface area contributed by atoms with Crippen molar-refractivity contribution in [2.24, 2.45) is 0 Å². The van der Waals surface area contributed by atoms with Gasteiger partial charge in [-0.1, -0.05) is 0 Å². The highest BCUT2D eigenvalue weighted by Gasteiger charge is 2.16. The van der Waals surface area contributed by atoms with Crippen LogP contribution < -0.4 is 14.5 Å². The van der Waals surface area contributed by atoms with Gasteiger partial charge in [0.15, 0.2) is 5.82 Å². The monoisotopic (exact) mass is 289 g/mol. The van der Waals surface area contributed by atoms with Crippen LogP contribution in [0.5, 0.6) is 5.75 Å². The molecule has 0 spiro atoms. The number of aromatic nitrogens is 1. The van der Waals surface area contributed by atoms with E-state index in [1.807, 2.05) is 0 Å². The SMILES string of the molecule is COc1ccc(F)c(N(C)c2cccnc2N(C)C=O)c1. The molecule has 0 atom stereocenters. The first-order valence-corrected chi connectivity index (χ1v) is 6.29. The maximum absolute atomic E-state index is 14.1. The molecule has 110 valence electrons.